The zero-order valence-corrected chi connectivity index (χ0v) is 59.8. The summed E-state index contributed by atoms with van der Waals surface area (Å²) < 4.78 is 30.9. The second-order valence-electron chi connectivity index (χ2n) is 26.1. The molecule has 0 aliphatic rings. The molecule has 0 aromatic carbocycles. The Balaban J connectivity index is 5.10. The third kappa shape index (κ3) is 68.9. The summed E-state index contributed by atoms with van der Waals surface area (Å²) in [6.07, 6.45) is 93.8. The first-order valence-corrected chi connectivity index (χ1v) is 38.7. The van der Waals surface area contributed by atoms with Crippen LogP contribution in [0.5, 0.6) is 0 Å². The van der Waals surface area contributed by atoms with E-state index in [1.54, 1.807) is 0 Å². The third-order valence-electron chi connectivity index (χ3n) is 16.2. The predicted molar refractivity (Wildman–Crippen MR) is 387 cm³/mol. The Morgan fingerprint density at radius 1 is 0.393 bits per heavy atom. The molecule has 2 N–H and O–H groups in total. The molecule has 514 valence electrons. The van der Waals surface area contributed by atoms with Crippen LogP contribution in [-0.4, -0.2) is 74.3 Å². The summed E-state index contributed by atoms with van der Waals surface area (Å²) in [5, 5.41) is 3.07. The number of carbonyl (C=O) groups excluding carboxylic acids is 2. The number of amides is 1. The van der Waals surface area contributed by atoms with Crippen LogP contribution in [0.3, 0.4) is 0 Å². The maximum Gasteiger partial charge on any atom is 0.472 e. The lowest BCUT2D eigenvalue weighted by Crippen LogP contribution is -2.47. The van der Waals surface area contributed by atoms with Gasteiger partial charge in [-0.25, -0.2) is 4.57 Å². The Morgan fingerprint density at radius 3 is 1.04 bits per heavy atom. The first kappa shape index (κ1) is 85.7. The highest BCUT2D eigenvalue weighted by molar-refractivity contribution is 7.47. The van der Waals surface area contributed by atoms with Gasteiger partial charge in [0.1, 0.15) is 19.3 Å². The third-order valence-corrected chi connectivity index (χ3v) is 17.2. The van der Waals surface area contributed by atoms with Gasteiger partial charge in [-0.05, 0) is 122 Å². The number of likely N-dealkylation sites (N-methyl/N-ethyl adjacent to an activating group) is 1. The van der Waals surface area contributed by atoms with Gasteiger partial charge < -0.3 is 19.4 Å². The van der Waals surface area contributed by atoms with E-state index in [0.29, 0.717) is 17.4 Å². The zero-order valence-electron chi connectivity index (χ0n) is 58.9. The van der Waals surface area contributed by atoms with Crippen LogP contribution < -0.4 is 5.32 Å². The van der Waals surface area contributed by atoms with E-state index in [1.165, 1.54) is 186 Å². The highest BCUT2D eigenvalue weighted by Crippen LogP contribution is 2.43. The van der Waals surface area contributed by atoms with E-state index in [4.69, 9.17) is 13.8 Å². The number of allylic oxidation sites excluding steroid dienone is 17. The molecule has 0 fully saturated rings. The first-order chi connectivity index (χ1) is 43.4. The lowest BCUT2D eigenvalue weighted by molar-refractivity contribution is -0.870. The van der Waals surface area contributed by atoms with Crippen molar-refractivity contribution in [2.75, 3.05) is 40.9 Å². The normalized spacial score (nSPS) is 14.1. The molecule has 0 radical (unpaired) electrons. The molecule has 89 heavy (non-hydrogen) atoms. The van der Waals surface area contributed by atoms with Gasteiger partial charge in [0.2, 0.25) is 5.91 Å². The quantitative estimate of drug-likeness (QED) is 0.0205. The molecule has 3 unspecified atom stereocenters. The number of ether oxygens (including phenoxy) is 1. The predicted octanol–water partition coefficient (Wildman–Crippen LogP) is 24.0. The van der Waals surface area contributed by atoms with Crippen LogP contribution in [0.4, 0.5) is 0 Å². The number of rotatable bonds is 67. The maximum atomic E-state index is 13.6. The van der Waals surface area contributed by atoms with Crippen LogP contribution in [0.2, 0.25) is 0 Å². The van der Waals surface area contributed by atoms with Crippen molar-refractivity contribution in [1.82, 2.24) is 5.32 Å². The number of esters is 1. The van der Waals surface area contributed by atoms with E-state index in [9.17, 15) is 19.0 Å². The van der Waals surface area contributed by atoms with E-state index in [2.05, 4.69) is 123 Å². The number of nitrogens with one attached hydrogen (secondary N) is 1. The average molecular weight is 1260 g/mol. The van der Waals surface area contributed by atoms with Crippen molar-refractivity contribution in [3.8, 4) is 0 Å². The topological polar surface area (TPSA) is 111 Å². The summed E-state index contributed by atoms with van der Waals surface area (Å²) in [6, 6.07) is -0.864. The zero-order chi connectivity index (χ0) is 64.9. The second-order valence-corrected chi connectivity index (χ2v) is 27.6. The van der Waals surface area contributed by atoms with E-state index >= 15 is 0 Å². The number of hydrogen-bond acceptors (Lipinski definition) is 6. The van der Waals surface area contributed by atoms with E-state index in [1.807, 2.05) is 33.3 Å². The molecular formula is C79H142N2O7P+. The van der Waals surface area contributed by atoms with E-state index < -0.39 is 20.0 Å². The molecule has 0 saturated heterocycles. The van der Waals surface area contributed by atoms with Crippen molar-refractivity contribution in [3.05, 3.63) is 109 Å². The fraction of sp³-hybridized carbons (Fsp3) is 0.747. The van der Waals surface area contributed by atoms with Gasteiger partial charge in [-0.3, -0.25) is 18.6 Å². The lowest BCUT2D eigenvalue weighted by atomic mass is 10.0. The Hall–Kier alpha value is -3.33. The summed E-state index contributed by atoms with van der Waals surface area (Å²) in [7, 11) is 1.48. The lowest BCUT2D eigenvalue weighted by Gasteiger charge is -2.27. The van der Waals surface area contributed by atoms with Crippen LogP contribution in [-0.2, 0) is 27.9 Å². The van der Waals surface area contributed by atoms with Gasteiger partial charge in [-0.15, -0.1) is 0 Å². The minimum Gasteiger partial charge on any atom is -0.456 e. The van der Waals surface area contributed by atoms with Gasteiger partial charge >= 0.3 is 13.8 Å². The molecular weight excluding hydrogens is 1120 g/mol. The Labute approximate surface area is 551 Å². The number of unbranched alkanes of at least 4 members (excludes halogenated alkanes) is 35. The average Bonchev–Trinajstić information content (AvgIpc) is 3.63. The first-order valence-electron chi connectivity index (χ1n) is 37.2. The van der Waals surface area contributed by atoms with Crippen molar-refractivity contribution in [2.45, 2.75) is 341 Å². The van der Waals surface area contributed by atoms with Gasteiger partial charge in [-0.2, -0.15) is 0 Å². The minimum absolute atomic E-state index is 0.0330. The Bertz CT molecular complexity index is 1890. The molecule has 0 aromatic heterocycles. The summed E-state index contributed by atoms with van der Waals surface area (Å²) in [5.41, 5.74) is 0. The highest BCUT2D eigenvalue weighted by atomic mass is 31.2. The molecule has 3 atom stereocenters. The number of hydrogen-bond donors (Lipinski definition) is 2. The van der Waals surface area contributed by atoms with Crippen LogP contribution in [0.25, 0.3) is 0 Å². The fourth-order valence-corrected chi connectivity index (χ4v) is 11.2. The van der Waals surface area contributed by atoms with Crippen molar-refractivity contribution >= 4 is 19.7 Å². The Morgan fingerprint density at radius 2 is 0.685 bits per heavy atom. The van der Waals surface area contributed by atoms with Crippen molar-refractivity contribution in [1.29, 1.82) is 0 Å². The van der Waals surface area contributed by atoms with Gasteiger partial charge in [0.15, 0.2) is 0 Å². The monoisotopic (exact) mass is 1260 g/mol. The fourth-order valence-electron chi connectivity index (χ4n) is 10.4. The summed E-state index contributed by atoms with van der Waals surface area (Å²) in [5.74, 6) is -0.517. The summed E-state index contributed by atoms with van der Waals surface area (Å²) >= 11 is 0. The van der Waals surface area contributed by atoms with Crippen LogP contribution in [0.1, 0.15) is 329 Å². The Kier molecular flexibility index (Phi) is 65.0. The number of phosphoric acid groups is 1. The molecule has 0 heterocycles. The molecule has 0 aliphatic carbocycles. The maximum absolute atomic E-state index is 13.6. The molecule has 0 spiro atoms. The van der Waals surface area contributed by atoms with Crippen LogP contribution in [0, 0.1) is 0 Å². The van der Waals surface area contributed by atoms with Crippen LogP contribution >= 0.6 is 7.82 Å². The SMILES string of the molecule is CCCCC/C=C\C/C=C\C/C=C\C/C=C\CCCCCCCCCCCCCC(=O)OC(/C=C/CCCCCCCCCCCCC)C(COP(=O)(O)OCC[N+](C)(C)C)NC(=O)CCCCCCCCC/C=C\C/C=C\C/C=C\C/C=C\CCCCC. The van der Waals surface area contributed by atoms with Gasteiger partial charge in [0.25, 0.3) is 0 Å². The van der Waals surface area contributed by atoms with Gasteiger partial charge in [0.05, 0.1) is 33.8 Å². The molecule has 9 nitrogen and oxygen atoms in total. The molecule has 0 saturated carbocycles. The molecule has 0 bridgehead atoms. The van der Waals surface area contributed by atoms with Crippen molar-refractivity contribution in [3.63, 3.8) is 0 Å². The molecule has 10 heteroatoms. The number of quaternary nitrogens is 1. The largest absolute Gasteiger partial charge is 0.472 e. The van der Waals surface area contributed by atoms with Crippen molar-refractivity contribution in [2.24, 2.45) is 0 Å². The standard InChI is InChI=1S/C79H141N2O7P/c1-7-10-13-16-19-22-25-28-30-32-34-36-38-39-40-41-43-45-47-49-51-54-57-60-63-66-69-72-79(83)88-77(70-67-64-61-58-55-52-27-24-21-18-15-12-9-3)76(75-87-89(84,85)86-74-73-81(4,5)6)80-78(82)71-68-65-62-59-56-53-50-48-46-44-42-37-35-33-31-29-26-23-20-17-14-11-8-2/h19-20,22-23,28-31,34-37,39-40,44,46,67,70,76-77H,7-18,21,24-27,32-33,38,41-43,45,47-66,68-69,71-75H2,1-6H3,(H-,80,82,84,85)/p+1/b22-19-,23-20-,30-28-,31-29-,36-34-,37-35-,40-39-,46-44-,70-67+. The summed E-state index contributed by atoms with van der Waals surface area (Å²) in [6.45, 7) is 6.97. The van der Waals surface area contributed by atoms with Gasteiger partial charge in [-0.1, -0.05) is 304 Å². The second kappa shape index (κ2) is 67.6. The molecule has 0 aliphatic heterocycles. The smallest absolute Gasteiger partial charge is 0.456 e. The van der Waals surface area contributed by atoms with Crippen LogP contribution in [0.15, 0.2) is 109 Å². The molecule has 1 amide bonds. The number of carbonyl (C=O) groups is 2. The van der Waals surface area contributed by atoms with E-state index in [-0.39, 0.29) is 31.5 Å². The highest BCUT2D eigenvalue weighted by Gasteiger charge is 2.30. The number of nitrogens with zero attached hydrogens (tertiary/aromatic N) is 1. The van der Waals surface area contributed by atoms with Gasteiger partial charge in [0, 0.05) is 12.8 Å². The summed E-state index contributed by atoms with van der Waals surface area (Å²) in [4.78, 5) is 38.0. The van der Waals surface area contributed by atoms with Crippen molar-refractivity contribution < 1.29 is 37.3 Å². The number of phosphoric ester groups is 1. The molecule has 0 aromatic rings. The molecule has 0 rings (SSSR count). The minimum atomic E-state index is -4.47. The van der Waals surface area contributed by atoms with E-state index in [0.717, 1.165) is 109 Å².